The number of rotatable bonds is 7. The fourth-order valence-corrected chi connectivity index (χ4v) is 2.79. The molecule has 0 aliphatic carbocycles. The van der Waals surface area contributed by atoms with Crippen molar-refractivity contribution in [2.24, 2.45) is 0 Å². The van der Waals surface area contributed by atoms with Gasteiger partial charge in [0, 0.05) is 30.1 Å². The lowest BCUT2D eigenvalue weighted by Gasteiger charge is -2.08. The van der Waals surface area contributed by atoms with Crippen LogP contribution in [0, 0.1) is 6.92 Å². The molecule has 24 heavy (non-hydrogen) atoms. The molecular formula is C18H23N3O3. The molecule has 0 bridgehead atoms. The molecule has 6 heteroatoms. The highest BCUT2D eigenvalue weighted by molar-refractivity contribution is 6.02. The second-order valence-electron chi connectivity index (χ2n) is 5.67. The van der Waals surface area contributed by atoms with E-state index in [1.165, 1.54) is 6.92 Å². The van der Waals surface area contributed by atoms with E-state index in [9.17, 15) is 9.59 Å². The second kappa shape index (κ2) is 7.77. The van der Waals surface area contributed by atoms with Crippen molar-refractivity contribution in [1.29, 1.82) is 0 Å². The van der Waals surface area contributed by atoms with Gasteiger partial charge in [-0.2, -0.15) is 0 Å². The number of methoxy groups -OCH3 is 1. The fraction of sp³-hybridized carbons (Fsp3) is 0.389. The highest BCUT2D eigenvalue weighted by Crippen LogP contribution is 2.21. The largest absolute Gasteiger partial charge is 0.481 e. The predicted octanol–water partition coefficient (Wildman–Crippen LogP) is 2.81. The summed E-state index contributed by atoms with van der Waals surface area (Å²) in [4.78, 5) is 31.5. The molecule has 0 radical (unpaired) electrons. The van der Waals surface area contributed by atoms with Gasteiger partial charge in [-0.3, -0.25) is 9.59 Å². The molecule has 6 nitrogen and oxygen atoms in total. The minimum atomic E-state index is -0.218. The van der Waals surface area contributed by atoms with Crippen LogP contribution in [-0.2, 0) is 13.0 Å². The van der Waals surface area contributed by atoms with Crippen molar-refractivity contribution in [3.05, 3.63) is 46.4 Å². The molecule has 0 spiro atoms. The summed E-state index contributed by atoms with van der Waals surface area (Å²) < 4.78 is 5.08. The summed E-state index contributed by atoms with van der Waals surface area (Å²) in [7, 11) is 1.55. The Balaban J connectivity index is 2.20. The number of aromatic nitrogens is 2. The van der Waals surface area contributed by atoms with Crippen molar-refractivity contribution in [1.82, 2.24) is 15.3 Å². The standard InChI is InChI=1S/C18H23N3O3/c1-5-6-14-16(12(3)22)11(2)21-17(14)18(23)20-10-13-7-8-19-15(9-13)24-4/h7-9,21H,5-6,10H2,1-4H3,(H,20,23). The van der Waals surface area contributed by atoms with E-state index in [0.717, 1.165) is 23.2 Å². The molecule has 0 saturated carbocycles. The Morgan fingerprint density at radius 1 is 1.38 bits per heavy atom. The fourth-order valence-electron chi connectivity index (χ4n) is 2.79. The zero-order chi connectivity index (χ0) is 17.7. The lowest BCUT2D eigenvalue weighted by Crippen LogP contribution is -2.24. The van der Waals surface area contributed by atoms with Crippen LogP contribution >= 0.6 is 0 Å². The van der Waals surface area contributed by atoms with Gasteiger partial charge in [0.05, 0.1) is 7.11 Å². The Morgan fingerprint density at radius 2 is 2.12 bits per heavy atom. The van der Waals surface area contributed by atoms with Gasteiger partial charge >= 0.3 is 0 Å². The molecule has 0 fully saturated rings. The van der Waals surface area contributed by atoms with Gasteiger partial charge < -0.3 is 15.0 Å². The average Bonchev–Trinajstić information content (AvgIpc) is 2.89. The highest BCUT2D eigenvalue weighted by Gasteiger charge is 2.21. The molecule has 0 unspecified atom stereocenters. The van der Waals surface area contributed by atoms with Crippen LogP contribution in [0.2, 0.25) is 0 Å². The van der Waals surface area contributed by atoms with Crippen molar-refractivity contribution in [2.45, 2.75) is 40.2 Å². The summed E-state index contributed by atoms with van der Waals surface area (Å²) in [5, 5.41) is 2.88. The minimum absolute atomic E-state index is 0.0230. The van der Waals surface area contributed by atoms with Crippen molar-refractivity contribution in [2.75, 3.05) is 7.11 Å². The zero-order valence-corrected chi connectivity index (χ0v) is 14.5. The Labute approximate surface area is 141 Å². The highest BCUT2D eigenvalue weighted by atomic mass is 16.5. The number of pyridine rings is 1. The number of aromatic amines is 1. The van der Waals surface area contributed by atoms with E-state index in [-0.39, 0.29) is 11.7 Å². The van der Waals surface area contributed by atoms with Crippen LogP contribution in [0.5, 0.6) is 5.88 Å². The number of aryl methyl sites for hydroxylation is 1. The summed E-state index contributed by atoms with van der Waals surface area (Å²) >= 11 is 0. The number of carbonyl (C=O) groups excluding carboxylic acids is 2. The van der Waals surface area contributed by atoms with Crippen LogP contribution in [0.1, 0.15) is 57.9 Å². The molecule has 0 aromatic carbocycles. The van der Waals surface area contributed by atoms with Crippen molar-refractivity contribution < 1.29 is 14.3 Å². The number of amides is 1. The number of Topliss-reactive ketones (excluding diaryl/α,β-unsaturated/α-hetero) is 1. The third-order valence-electron chi connectivity index (χ3n) is 3.83. The smallest absolute Gasteiger partial charge is 0.268 e. The van der Waals surface area contributed by atoms with Crippen molar-refractivity contribution in [3.63, 3.8) is 0 Å². The molecule has 0 aliphatic heterocycles. The quantitative estimate of drug-likeness (QED) is 0.765. The molecular weight excluding hydrogens is 306 g/mol. The first kappa shape index (κ1) is 17.7. The third-order valence-corrected chi connectivity index (χ3v) is 3.83. The Morgan fingerprint density at radius 3 is 2.75 bits per heavy atom. The summed E-state index contributed by atoms with van der Waals surface area (Å²) in [6.07, 6.45) is 3.18. The first-order valence-electron chi connectivity index (χ1n) is 7.97. The number of nitrogens with one attached hydrogen (secondary N) is 2. The normalized spacial score (nSPS) is 10.5. The van der Waals surface area contributed by atoms with E-state index in [0.29, 0.717) is 30.1 Å². The maximum atomic E-state index is 12.6. The predicted molar refractivity (Wildman–Crippen MR) is 91.5 cm³/mol. The van der Waals surface area contributed by atoms with E-state index >= 15 is 0 Å². The number of nitrogens with zero attached hydrogens (tertiary/aromatic N) is 1. The zero-order valence-electron chi connectivity index (χ0n) is 14.5. The molecule has 2 rings (SSSR count). The average molecular weight is 329 g/mol. The van der Waals surface area contributed by atoms with Crippen molar-refractivity contribution in [3.8, 4) is 5.88 Å². The van der Waals surface area contributed by atoms with Gasteiger partial charge in [0.15, 0.2) is 5.78 Å². The van der Waals surface area contributed by atoms with E-state index in [1.807, 2.05) is 19.9 Å². The molecule has 2 aromatic rings. The van der Waals surface area contributed by atoms with Gasteiger partial charge in [0.2, 0.25) is 5.88 Å². The number of hydrogen-bond acceptors (Lipinski definition) is 4. The maximum Gasteiger partial charge on any atom is 0.268 e. The number of hydrogen-bond donors (Lipinski definition) is 2. The van der Waals surface area contributed by atoms with Crippen LogP contribution in [0.3, 0.4) is 0 Å². The maximum absolute atomic E-state index is 12.6. The molecule has 0 atom stereocenters. The van der Waals surface area contributed by atoms with E-state index in [1.54, 1.807) is 19.4 Å². The van der Waals surface area contributed by atoms with Crippen LogP contribution in [0.25, 0.3) is 0 Å². The van der Waals surface area contributed by atoms with E-state index < -0.39 is 0 Å². The lowest BCUT2D eigenvalue weighted by atomic mass is 10.0. The molecule has 2 aromatic heterocycles. The molecule has 2 heterocycles. The monoisotopic (exact) mass is 329 g/mol. The summed E-state index contributed by atoms with van der Waals surface area (Å²) in [5.41, 5.74) is 3.53. The van der Waals surface area contributed by atoms with Crippen LogP contribution < -0.4 is 10.1 Å². The summed E-state index contributed by atoms with van der Waals surface area (Å²) in [5.74, 6) is 0.262. The van der Waals surface area contributed by atoms with Crippen LogP contribution in [0.15, 0.2) is 18.3 Å². The van der Waals surface area contributed by atoms with Gasteiger partial charge in [-0.1, -0.05) is 13.3 Å². The first-order chi connectivity index (χ1) is 11.5. The van der Waals surface area contributed by atoms with Gasteiger partial charge in [0.1, 0.15) is 5.69 Å². The van der Waals surface area contributed by atoms with Gasteiger partial charge in [0.25, 0.3) is 5.91 Å². The summed E-state index contributed by atoms with van der Waals surface area (Å²) in [6.45, 7) is 5.73. The van der Waals surface area contributed by atoms with Crippen LogP contribution in [0.4, 0.5) is 0 Å². The first-order valence-corrected chi connectivity index (χ1v) is 7.97. The Kier molecular flexibility index (Phi) is 5.73. The third kappa shape index (κ3) is 3.82. The second-order valence-corrected chi connectivity index (χ2v) is 5.67. The van der Waals surface area contributed by atoms with Gasteiger partial charge in [-0.15, -0.1) is 0 Å². The Hall–Kier alpha value is -2.63. The number of carbonyl (C=O) groups is 2. The molecule has 0 saturated heterocycles. The molecule has 2 N–H and O–H groups in total. The molecule has 128 valence electrons. The number of H-pyrrole nitrogens is 1. The van der Waals surface area contributed by atoms with Gasteiger partial charge in [-0.25, -0.2) is 4.98 Å². The molecule has 0 aliphatic rings. The minimum Gasteiger partial charge on any atom is -0.481 e. The molecule has 1 amide bonds. The summed E-state index contributed by atoms with van der Waals surface area (Å²) in [6, 6.07) is 3.59. The topological polar surface area (TPSA) is 84.1 Å². The van der Waals surface area contributed by atoms with Gasteiger partial charge in [-0.05, 0) is 37.5 Å². The van der Waals surface area contributed by atoms with Crippen LogP contribution in [-0.4, -0.2) is 28.8 Å². The number of ketones is 1. The Bertz CT molecular complexity index is 750. The lowest BCUT2D eigenvalue weighted by molar-refractivity contribution is 0.0945. The number of ether oxygens (including phenoxy) is 1. The van der Waals surface area contributed by atoms with E-state index in [2.05, 4.69) is 15.3 Å². The van der Waals surface area contributed by atoms with E-state index in [4.69, 9.17) is 4.74 Å². The van der Waals surface area contributed by atoms with Crippen molar-refractivity contribution >= 4 is 11.7 Å². The SMILES string of the molecule is CCCc1c(C(=O)NCc2ccnc(OC)c2)[nH]c(C)c1C(C)=O.